The fourth-order valence-corrected chi connectivity index (χ4v) is 1.97. The first-order valence-electron chi connectivity index (χ1n) is 7.20. The SMILES string of the molecule is CC(C)CCN(C)CCCOc1ccc(C(N)=S)cc1. The molecular formula is C16H26N2OS. The van der Waals surface area contributed by atoms with Crippen LogP contribution in [0.25, 0.3) is 0 Å². The van der Waals surface area contributed by atoms with Gasteiger partial charge in [0.2, 0.25) is 0 Å². The molecule has 0 saturated heterocycles. The van der Waals surface area contributed by atoms with E-state index in [1.165, 1.54) is 6.42 Å². The Labute approximate surface area is 128 Å². The molecule has 1 rings (SSSR count). The smallest absolute Gasteiger partial charge is 0.119 e. The van der Waals surface area contributed by atoms with Gasteiger partial charge in [0.05, 0.1) is 6.61 Å². The molecule has 4 heteroatoms. The number of hydrogen-bond acceptors (Lipinski definition) is 3. The van der Waals surface area contributed by atoms with Crippen molar-refractivity contribution in [2.24, 2.45) is 11.7 Å². The number of nitrogens with two attached hydrogens (primary N) is 1. The fraction of sp³-hybridized carbons (Fsp3) is 0.562. The summed E-state index contributed by atoms with van der Waals surface area (Å²) in [7, 11) is 2.17. The van der Waals surface area contributed by atoms with E-state index in [9.17, 15) is 0 Å². The van der Waals surface area contributed by atoms with Crippen molar-refractivity contribution in [1.29, 1.82) is 0 Å². The van der Waals surface area contributed by atoms with Crippen molar-refractivity contribution >= 4 is 17.2 Å². The van der Waals surface area contributed by atoms with E-state index in [-0.39, 0.29) is 0 Å². The lowest BCUT2D eigenvalue weighted by atomic mass is 10.1. The Morgan fingerprint density at radius 1 is 1.25 bits per heavy atom. The lowest BCUT2D eigenvalue weighted by molar-refractivity contribution is 0.255. The average molecular weight is 294 g/mol. The largest absolute Gasteiger partial charge is 0.494 e. The molecule has 0 atom stereocenters. The van der Waals surface area contributed by atoms with E-state index in [2.05, 4.69) is 25.8 Å². The van der Waals surface area contributed by atoms with Gasteiger partial charge >= 0.3 is 0 Å². The van der Waals surface area contributed by atoms with Crippen molar-refractivity contribution in [2.45, 2.75) is 26.7 Å². The first-order chi connectivity index (χ1) is 9.49. The second-order valence-electron chi connectivity index (χ2n) is 5.58. The Hall–Kier alpha value is -1.13. The molecule has 0 saturated carbocycles. The lowest BCUT2D eigenvalue weighted by Crippen LogP contribution is -2.23. The molecule has 112 valence electrons. The molecule has 0 aliphatic rings. The van der Waals surface area contributed by atoms with Crippen LogP contribution < -0.4 is 10.5 Å². The molecule has 20 heavy (non-hydrogen) atoms. The van der Waals surface area contributed by atoms with Crippen molar-refractivity contribution in [3.63, 3.8) is 0 Å². The minimum Gasteiger partial charge on any atom is -0.494 e. The van der Waals surface area contributed by atoms with Crippen molar-refractivity contribution < 1.29 is 4.74 Å². The molecule has 0 unspecified atom stereocenters. The molecule has 0 aromatic heterocycles. The van der Waals surface area contributed by atoms with Crippen LogP contribution in [-0.2, 0) is 0 Å². The van der Waals surface area contributed by atoms with E-state index < -0.39 is 0 Å². The number of nitrogens with zero attached hydrogens (tertiary/aromatic N) is 1. The summed E-state index contributed by atoms with van der Waals surface area (Å²) in [6.07, 6.45) is 2.28. The van der Waals surface area contributed by atoms with Crippen LogP contribution in [0, 0.1) is 5.92 Å². The Kier molecular flexibility index (Phi) is 7.55. The summed E-state index contributed by atoms with van der Waals surface area (Å²) >= 11 is 4.91. The van der Waals surface area contributed by atoms with Gasteiger partial charge in [-0.15, -0.1) is 0 Å². The molecule has 2 N–H and O–H groups in total. The Morgan fingerprint density at radius 2 is 1.90 bits per heavy atom. The van der Waals surface area contributed by atoms with Gasteiger partial charge < -0.3 is 15.4 Å². The second kappa shape index (κ2) is 8.93. The molecule has 0 spiro atoms. The maximum atomic E-state index is 5.71. The van der Waals surface area contributed by atoms with Crippen molar-refractivity contribution in [3.8, 4) is 5.75 Å². The van der Waals surface area contributed by atoms with Crippen molar-refractivity contribution in [1.82, 2.24) is 4.90 Å². The van der Waals surface area contributed by atoms with Gasteiger partial charge in [0, 0.05) is 12.1 Å². The number of hydrogen-bond donors (Lipinski definition) is 1. The van der Waals surface area contributed by atoms with Gasteiger partial charge in [0.25, 0.3) is 0 Å². The van der Waals surface area contributed by atoms with Gasteiger partial charge in [-0.05, 0) is 56.6 Å². The molecule has 0 aliphatic heterocycles. The van der Waals surface area contributed by atoms with Crippen LogP contribution in [0.15, 0.2) is 24.3 Å². The number of ether oxygens (including phenoxy) is 1. The summed E-state index contributed by atoms with van der Waals surface area (Å²) in [6, 6.07) is 7.62. The first-order valence-corrected chi connectivity index (χ1v) is 7.61. The van der Waals surface area contributed by atoms with Crippen LogP contribution in [-0.4, -0.2) is 36.6 Å². The highest BCUT2D eigenvalue weighted by molar-refractivity contribution is 7.80. The van der Waals surface area contributed by atoms with Crippen LogP contribution in [0.5, 0.6) is 5.75 Å². The summed E-state index contributed by atoms with van der Waals surface area (Å²) < 4.78 is 5.71. The molecule has 0 radical (unpaired) electrons. The molecule has 0 aliphatic carbocycles. The third kappa shape index (κ3) is 6.87. The van der Waals surface area contributed by atoms with Gasteiger partial charge in [0.15, 0.2) is 0 Å². The first kappa shape index (κ1) is 16.9. The minimum absolute atomic E-state index is 0.420. The van der Waals surface area contributed by atoms with Crippen LogP contribution in [0.2, 0.25) is 0 Å². The van der Waals surface area contributed by atoms with Crippen molar-refractivity contribution in [3.05, 3.63) is 29.8 Å². The van der Waals surface area contributed by atoms with Crippen LogP contribution in [0.1, 0.15) is 32.3 Å². The summed E-state index contributed by atoms with van der Waals surface area (Å²) in [5, 5.41) is 0. The minimum atomic E-state index is 0.420. The molecule has 1 aromatic carbocycles. The van der Waals surface area contributed by atoms with E-state index in [1.807, 2.05) is 24.3 Å². The highest BCUT2D eigenvalue weighted by Gasteiger charge is 2.01. The monoisotopic (exact) mass is 294 g/mol. The zero-order valence-corrected chi connectivity index (χ0v) is 13.6. The van der Waals surface area contributed by atoms with E-state index in [0.29, 0.717) is 4.99 Å². The zero-order chi connectivity index (χ0) is 15.0. The van der Waals surface area contributed by atoms with Crippen LogP contribution >= 0.6 is 12.2 Å². The molecule has 0 amide bonds. The highest BCUT2D eigenvalue weighted by Crippen LogP contribution is 2.12. The molecule has 0 bridgehead atoms. The Balaban J connectivity index is 2.19. The van der Waals surface area contributed by atoms with Gasteiger partial charge in [-0.1, -0.05) is 26.1 Å². The molecule has 0 fully saturated rings. The Morgan fingerprint density at radius 3 is 2.45 bits per heavy atom. The maximum absolute atomic E-state index is 5.71. The summed E-state index contributed by atoms with van der Waals surface area (Å²) in [4.78, 5) is 2.78. The van der Waals surface area contributed by atoms with Gasteiger partial charge in [-0.3, -0.25) is 0 Å². The normalized spacial score (nSPS) is 11.1. The topological polar surface area (TPSA) is 38.5 Å². The fourth-order valence-electron chi connectivity index (χ4n) is 1.83. The highest BCUT2D eigenvalue weighted by atomic mass is 32.1. The predicted octanol–water partition coefficient (Wildman–Crippen LogP) is 3.07. The van der Waals surface area contributed by atoms with Gasteiger partial charge in [-0.25, -0.2) is 0 Å². The molecule has 1 aromatic rings. The predicted molar refractivity (Wildman–Crippen MR) is 89.4 cm³/mol. The maximum Gasteiger partial charge on any atom is 0.119 e. The quantitative estimate of drug-likeness (QED) is 0.561. The van der Waals surface area contributed by atoms with Gasteiger partial charge in [0.1, 0.15) is 10.7 Å². The average Bonchev–Trinajstić information content (AvgIpc) is 2.42. The molecule has 3 nitrogen and oxygen atoms in total. The Bertz CT molecular complexity index is 403. The second-order valence-corrected chi connectivity index (χ2v) is 6.02. The number of rotatable bonds is 9. The lowest BCUT2D eigenvalue weighted by Gasteiger charge is -2.17. The third-order valence-electron chi connectivity index (χ3n) is 3.18. The van der Waals surface area contributed by atoms with E-state index in [0.717, 1.165) is 43.3 Å². The summed E-state index contributed by atoms with van der Waals surface area (Å²) in [5.74, 6) is 1.63. The third-order valence-corrected chi connectivity index (χ3v) is 3.42. The zero-order valence-electron chi connectivity index (χ0n) is 12.8. The van der Waals surface area contributed by atoms with Crippen LogP contribution in [0.3, 0.4) is 0 Å². The van der Waals surface area contributed by atoms with E-state index in [4.69, 9.17) is 22.7 Å². The van der Waals surface area contributed by atoms with E-state index >= 15 is 0 Å². The molecule has 0 heterocycles. The number of benzene rings is 1. The van der Waals surface area contributed by atoms with Crippen LogP contribution in [0.4, 0.5) is 0 Å². The van der Waals surface area contributed by atoms with E-state index in [1.54, 1.807) is 0 Å². The number of thiocarbonyl (C=S) groups is 1. The summed E-state index contributed by atoms with van der Waals surface area (Å²) in [6.45, 7) is 7.47. The standard InChI is InChI=1S/C16H26N2OS/c1-13(2)9-11-18(3)10-4-12-19-15-7-5-14(6-8-15)16(17)20/h5-8,13H,4,9-12H2,1-3H3,(H2,17,20). The van der Waals surface area contributed by atoms with Gasteiger partial charge in [-0.2, -0.15) is 0 Å². The summed E-state index contributed by atoms with van der Waals surface area (Å²) in [5.41, 5.74) is 6.43. The molecular weight excluding hydrogens is 268 g/mol. The van der Waals surface area contributed by atoms with Crippen molar-refractivity contribution in [2.75, 3.05) is 26.7 Å².